The lowest BCUT2D eigenvalue weighted by Crippen LogP contribution is -1.95. The quantitative estimate of drug-likeness (QED) is 0.530. The topological polar surface area (TPSA) is 17.3 Å². The van der Waals surface area contributed by atoms with Crippen LogP contribution in [0.3, 0.4) is 0 Å². The fraction of sp³-hybridized carbons (Fsp3) is 0.188. The molecule has 0 bridgehead atoms. The van der Waals surface area contributed by atoms with E-state index in [0.717, 1.165) is 33.2 Å². The molecule has 0 aliphatic carbocycles. The average molecular weight is 340 g/mol. The molecular weight excluding hydrogens is 327 g/mol. The third-order valence-electron chi connectivity index (χ3n) is 3.43. The van der Waals surface area contributed by atoms with Crippen molar-refractivity contribution in [3.8, 4) is 11.3 Å². The maximum Gasteiger partial charge on any atom is 0.137 e. The number of aryl methyl sites for hydroxylation is 1. The second-order valence-electron chi connectivity index (χ2n) is 5.00. The zero-order chi connectivity index (χ0) is 15.1. The average Bonchev–Trinajstić information content (AvgIpc) is 2.80. The van der Waals surface area contributed by atoms with E-state index in [0.29, 0.717) is 5.02 Å². The lowest BCUT2D eigenvalue weighted by atomic mass is 10.1. The molecule has 0 fully saturated rings. The Bertz CT molecular complexity index is 822. The van der Waals surface area contributed by atoms with Gasteiger partial charge in [-0.05, 0) is 43.7 Å². The smallest absolute Gasteiger partial charge is 0.137 e. The zero-order valence-electron chi connectivity index (χ0n) is 11.6. The van der Waals surface area contributed by atoms with Crippen LogP contribution < -0.4 is 0 Å². The molecule has 108 valence electrons. The molecule has 0 aliphatic rings. The van der Waals surface area contributed by atoms with Gasteiger partial charge in [0.2, 0.25) is 0 Å². The van der Waals surface area contributed by atoms with Crippen LogP contribution in [0.25, 0.3) is 16.9 Å². The van der Waals surface area contributed by atoms with Crippen molar-refractivity contribution in [1.82, 2.24) is 9.38 Å². The maximum absolute atomic E-state index is 6.37. The predicted octanol–water partition coefficient (Wildman–Crippen LogP) is 5.92. The number of halogens is 3. The summed E-state index contributed by atoms with van der Waals surface area (Å²) in [5, 5.41) is 1.20. The molecule has 2 heterocycles. The van der Waals surface area contributed by atoms with Crippen LogP contribution in [0.5, 0.6) is 0 Å². The Balaban J connectivity index is 2.30. The van der Waals surface area contributed by atoms with Gasteiger partial charge in [-0.25, -0.2) is 4.98 Å². The standard InChI is InChI=1S/C16H13Cl3N2/c1-9-7-11(3-5-13(9)19)15-16(10(2)17)21-8-12(18)4-6-14(21)20-15/h3-8,10H,1-2H3. The van der Waals surface area contributed by atoms with E-state index in [1.54, 1.807) is 0 Å². The number of hydrogen-bond donors (Lipinski definition) is 0. The fourth-order valence-electron chi connectivity index (χ4n) is 2.42. The lowest BCUT2D eigenvalue weighted by molar-refractivity contribution is 0.965. The number of aromatic nitrogens is 2. The van der Waals surface area contributed by atoms with Crippen LogP contribution in [0, 0.1) is 6.92 Å². The Morgan fingerprint density at radius 2 is 1.90 bits per heavy atom. The molecule has 0 saturated carbocycles. The summed E-state index contributed by atoms with van der Waals surface area (Å²) in [5.74, 6) is 0. The Hall–Kier alpha value is -1.22. The van der Waals surface area contributed by atoms with Crippen LogP contribution in [0.2, 0.25) is 10.0 Å². The Morgan fingerprint density at radius 3 is 2.57 bits per heavy atom. The number of hydrogen-bond acceptors (Lipinski definition) is 1. The van der Waals surface area contributed by atoms with Crippen molar-refractivity contribution in [2.24, 2.45) is 0 Å². The zero-order valence-corrected chi connectivity index (χ0v) is 13.8. The largest absolute Gasteiger partial charge is 0.300 e. The van der Waals surface area contributed by atoms with Gasteiger partial charge in [0.15, 0.2) is 0 Å². The summed E-state index contributed by atoms with van der Waals surface area (Å²) in [7, 11) is 0. The van der Waals surface area contributed by atoms with Gasteiger partial charge in [-0.3, -0.25) is 0 Å². The van der Waals surface area contributed by atoms with E-state index >= 15 is 0 Å². The summed E-state index contributed by atoms with van der Waals surface area (Å²) >= 11 is 18.6. The van der Waals surface area contributed by atoms with Crippen molar-refractivity contribution < 1.29 is 0 Å². The third-order valence-corrected chi connectivity index (χ3v) is 4.28. The minimum absolute atomic E-state index is 0.190. The van der Waals surface area contributed by atoms with Gasteiger partial charge in [0.05, 0.1) is 21.8 Å². The summed E-state index contributed by atoms with van der Waals surface area (Å²) in [6, 6.07) is 9.57. The molecule has 3 rings (SSSR count). The highest BCUT2D eigenvalue weighted by Gasteiger charge is 2.18. The fourth-order valence-corrected chi connectivity index (χ4v) is 2.91. The number of imidazole rings is 1. The molecule has 0 aliphatic heterocycles. The van der Waals surface area contributed by atoms with E-state index in [-0.39, 0.29) is 5.38 Å². The van der Waals surface area contributed by atoms with E-state index in [4.69, 9.17) is 39.8 Å². The first-order valence-corrected chi connectivity index (χ1v) is 7.74. The molecule has 0 amide bonds. The van der Waals surface area contributed by atoms with Gasteiger partial charge >= 0.3 is 0 Å². The van der Waals surface area contributed by atoms with Crippen LogP contribution in [0.4, 0.5) is 0 Å². The van der Waals surface area contributed by atoms with Crippen LogP contribution >= 0.6 is 34.8 Å². The minimum atomic E-state index is -0.190. The van der Waals surface area contributed by atoms with Gasteiger partial charge in [-0.2, -0.15) is 0 Å². The van der Waals surface area contributed by atoms with Crippen LogP contribution in [0.1, 0.15) is 23.6 Å². The Morgan fingerprint density at radius 1 is 1.14 bits per heavy atom. The number of rotatable bonds is 2. The molecule has 21 heavy (non-hydrogen) atoms. The van der Waals surface area contributed by atoms with Gasteiger partial charge in [-0.1, -0.05) is 29.3 Å². The van der Waals surface area contributed by atoms with Crippen LogP contribution in [0.15, 0.2) is 36.5 Å². The molecule has 1 atom stereocenters. The lowest BCUT2D eigenvalue weighted by Gasteiger charge is -2.08. The number of pyridine rings is 1. The van der Waals surface area contributed by atoms with Crippen molar-refractivity contribution >= 4 is 40.4 Å². The van der Waals surface area contributed by atoms with Crippen LogP contribution in [-0.2, 0) is 0 Å². The van der Waals surface area contributed by atoms with E-state index < -0.39 is 0 Å². The first-order chi connectivity index (χ1) is 9.97. The third kappa shape index (κ3) is 2.64. The molecule has 0 N–H and O–H groups in total. The van der Waals surface area contributed by atoms with Crippen molar-refractivity contribution in [2.75, 3.05) is 0 Å². The van der Waals surface area contributed by atoms with Gasteiger partial charge < -0.3 is 4.40 Å². The number of fused-ring (bicyclic) bond motifs is 1. The number of nitrogens with zero attached hydrogens (tertiary/aromatic N) is 2. The molecule has 0 radical (unpaired) electrons. The molecule has 3 aromatic rings. The summed E-state index contributed by atoms with van der Waals surface area (Å²) in [6.45, 7) is 3.90. The predicted molar refractivity (Wildman–Crippen MR) is 89.7 cm³/mol. The van der Waals surface area contributed by atoms with E-state index in [9.17, 15) is 0 Å². The maximum atomic E-state index is 6.37. The number of alkyl halides is 1. The van der Waals surface area contributed by atoms with E-state index in [1.165, 1.54) is 0 Å². The molecule has 2 aromatic heterocycles. The monoisotopic (exact) mass is 338 g/mol. The van der Waals surface area contributed by atoms with Gasteiger partial charge in [-0.15, -0.1) is 11.6 Å². The molecular formula is C16H13Cl3N2. The summed E-state index contributed by atoms with van der Waals surface area (Å²) in [6.07, 6.45) is 1.84. The normalized spacial score (nSPS) is 12.8. The highest BCUT2D eigenvalue weighted by atomic mass is 35.5. The number of benzene rings is 1. The molecule has 0 saturated heterocycles. The SMILES string of the molecule is Cc1cc(-c2nc3ccc(Cl)cn3c2C(C)Cl)ccc1Cl. The molecule has 0 spiro atoms. The molecule has 1 unspecified atom stereocenters. The van der Waals surface area contributed by atoms with Gasteiger partial charge in [0.25, 0.3) is 0 Å². The summed E-state index contributed by atoms with van der Waals surface area (Å²) < 4.78 is 1.94. The second-order valence-corrected chi connectivity index (χ2v) is 6.50. The molecule has 1 aromatic carbocycles. The van der Waals surface area contributed by atoms with Crippen molar-refractivity contribution in [3.05, 3.63) is 57.8 Å². The van der Waals surface area contributed by atoms with E-state index in [2.05, 4.69) is 0 Å². The van der Waals surface area contributed by atoms with Crippen molar-refractivity contribution in [1.29, 1.82) is 0 Å². The first kappa shape index (κ1) is 14.7. The molecule has 2 nitrogen and oxygen atoms in total. The highest BCUT2D eigenvalue weighted by molar-refractivity contribution is 6.31. The van der Waals surface area contributed by atoms with Gasteiger partial charge in [0, 0.05) is 16.8 Å². The van der Waals surface area contributed by atoms with Crippen molar-refractivity contribution in [3.63, 3.8) is 0 Å². The van der Waals surface area contributed by atoms with Gasteiger partial charge in [0.1, 0.15) is 5.65 Å². The molecule has 5 heteroatoms. The van der Waals surface area contributed by atoms with Crippen molar-refractivity contribution in [2.45, 2.75) is 19.2 Å². The second kappa shape index (κ2) is 5.53. The van der Waals surface area contributed by atoms with Crippen LogP contribution in [-0.4, -0.2) is 9.38 Å². The Kier molecular flexibility index (Phi) is 3.87. The first-order valence-electron chi connectivity index (χ1n) is 6.55. The minimum Gasteiger partial charge on any atom is -0.300 e. The Labute approximate surface area is 138 Å². The summed E-state index contributed by atoms with van der Waals surface area (Å²) in [4.78, 5) is 4.69. The van der Waals surface area contributed by atoms with E-state index in [1.807, 2.05) is 54.8 Å². The highest BCUT2D eigenvalue weighted by Crippen LogP contribution is 2.34. The summed E-state index contributed by atoms with van der Waals surface area (Å²) in [5.41, 5.74) is 4.62.